The normalized spacial score (nSPS) is 17.1. The van der Waals surface area contributed by atoms with Gasteiger partial charge in [-0.15, -0.1) is 0 Å². The number of rotatable bonds is 2. The third kappa shape index (κ3) is 3.46. The van der Waals surface area contributed by atoms with Crippen LogP contribution < -0.4 is 0 Å². The molecular formula is C20H25N3O5. The lowest BCUT2D eigenvalue weighted by molar-refractivity contribution is 0.0507. The monoisotopic (exact) mass is 387 g/mol. The number of imide groups is 1. The van der Waals surface area contributed by atoms with Gasteiger partial charge in [0.05, 0.1) is 17.7 Å². The van der Waals surface area contributed by atoms with Crippen LogP contribution in [0.4, 0.5) is 4.79 Å². The highest BCUT2D eigenvalue weighted by Gasteiger charge is 2.42. The molecule has 0 saturated carbocycles. The van der Waals surface area contributed by atoms with Gasteiger partial charge in [0.1, 0.15) is 0 Å². The number of piperazine rings is 1. The van der Waals surface area contributed by atoms with Crippen LogP contribution >= 0.6 is 0 Å². The van der Waals surface area contributed by atoms with Crippen molar-refractivity contribution in [3.8, 4) is 0 Å². The molecule has 8 heteroatoms. The van der Waals surface area contributed by atoms with Crippen LogP contribution in [0.1, 0.15) is 58.8 Å². The number of carbonyl (C=O) groups excluding carboxylic acids is 4. The lowest BCUT2D eigenvalue weighted by atomic mass is 10.0. The number of amides is 4. The maximum Gasteiger partial charge on any atom is 0.409 e. The zero-order chi connectivity index (χ0) is 20.6. The van der Waals surface area contributed by atoms with E-state index >= 15 is 0 Å². The molecule has 0 unspecified atom stereocenters. The molecule has 2 aliphatic rings. The molecule has 0 aliphatic carbocycles. The van der Waals surface area contributed by atoms with Gasteiger partial charge in [0.2, 0.25) is 0 Å². The smallest absolute Gasteiger partial charge is 0.409 e. The topological polar surface area (TPSA) is 87.2 Å². The van der Waals surface area contributed by atoms with E-state index in [1.165, 1.54) is 11.0 Å². The first-order valence-corrected chi connectivity index (χ1v) is 9.39. The third-order valence-electron chi connectivity index (χ3n) is 4.90. The number of carbonyl (C=O) groups is 4. The summed E-state index contributed by atoms with van der Waals surface area (Å²) >= 11 is 0. The SMILES string of the molecule is CCOC(=O)N1CCN(C(=O)c2ccc3c(c2)C(=O)N(C(C)(C)C)C3=O)CC1. The summed E-state index contributed by atoms with van der Waals surface area (Å²) in [6.45, 7) is 9.00. The van der Waals surface area contributed by atoms with Crippen molar-refractivity contribution >= 4 is 23.8 Å². The van der Waals surface area contributed by atoms with Gasteiger partial charge >= 0.3 is 6.09 Å². The average Bonchev–Trinajstić information content (AvgIpc) is 2.91. The van der Waals surface area contributed by atoms with E-state index in [2.05, 4.69) is 0 Å². The van der Waals surface area contributed by atoms with Crippen molar-refractivity contribution in [1.82, 2.24) is 14.7 Å². The predicted octanol–water partition coefficient (Wildman–Crippen LogP) is 2.00. The van der Waals surface area contributed by atoms with E-state index in [1.54, 1.807) is 49.6 Å². The molecule has 0 atom stereocenters. The summed E-state index contributed by atoms with van der Waals surface area (Å²) in [5.74, 6) is -0.940. The molecule has 2 aliphatic heterocycles. The van der Waals surface area contributed by atoms with Crippen molar-refractivity contribution in [3.63, 3.8) is 0 Å². The summed E-state index contributed by atoms with van der Waals surface area (Å²) < 4.78 is 4.98. The van der Waals surface area contributed by atoms with Gasteiger partial charge in [-0.2, -0.15) is 0 Å². The van der Waals surface area contributed by atoms with Gasteiger partial charge in [-0.25, -0.2) is 4.79 Å². The fraction of sp³-hybridized carbons (Fsp3) is 0.500. The Kier molecular flexibility index (Phi) is 5.14. The number of ether oxygens (including phenoxy) is 1. The van der Waals surface area contributed by atoms with Crippen molar-refractivity contribution < 1.29 is 23.9 Å². The molecule has 0 bridgehead atoms. The second kappa shape index (κ2) is 7.26. The van der Waals surface area contributed by atoms with Gasteiger partial charge < -0.3 is 14.5 Å². The van der Waals surface area contributed by atoms with Gasteiger partial charge in [0, 0.05) is 37.3 Å². The Morgan fingerprint density at radius 3 is 2.11 bits per heavy atom. The molecular weight excluding hydrogens is 362 g/mol. The maximum absolute atomic E-state index is 12.8. The molecule has 28 heavy (non-hydrogen) atoms. The zero-order valence-electron chi connectivity index (χ0n) is 16.7. The van der Waals surface area contributed by atoms with Crippen LogP contribution in [0.2, 0.25) is 0 Å². The largest absolute Gasteiger partial charge is 0.450 e. The molecule has 3 rings (SSSR count). The van der Waals surface area contributed by atoms with Crippen molar-refractivity contribution in [2.75, 3.05) is 32.8 Å². The second-order valence-corrected chi connectivity index (χ2v) is 7.86. The maximum atomic E-state index is 12.8. The van der Waals surface area contributed by atoms with Crippen LogP contribution in [0.25, 0.3) is 0 Å². The number of nitrogens with zero attached hydrogens (tertiary/aromatic N) is 3. The van der Waals surface area contributed by atoms with Crippen LogP contribution in [0, 0.1) is 0 Å². The fourth-order valence-corrected chi connectivity index (χ4v) is 3.47. The molecule has 0 spiro atoms. The van der Waals surface area contributed by atoms with Crippen LogP contribution in [-0.2, 0) is 4.74 Å². The summed E-state index contributed by atoms with van der Waals surface area (Å²) in [7, 11) is 0. The van der Waals surface area contributed by atoms with Crippen molar-refractivity contribution in [2.24, 2.45) is 0 Å². The van der Waals surface area contributed by atoms with E-state index in [4.69, 9.17) is 4.74 Å². The number of fused-ring (bicyclic) bond motifs is 1. The summed E-state index contributed by atoms with van der Waals surface area (Å²) in [4.78, 5) is 54.3. The van der Waals surface area contributed by atoms with Gasteiger partial charge in [-0.3, -0.25) is 19.3 Å². The van der Waals surface area contributed by atoms with Crippen LogP contribution in [0.15, 0.2) is 18.2 Å². The Labute approximate surface area is 164 Å². The molecule has 8 nitrogen and oxygen atoms in total. The van der Waals surface area contributed by atoms with Gasteiger partial charge in [0.25, 0.3) is 17.7 Å². The van der Waals surface area contributed by atoms with E-state index in [0.29, 0.717) is 43.9 Å². The van der Waals surface area contributed by atoms with E-state index in [-0.39, 0.29) is 29.4 Å². The lowest BCUT2D eigenvalue weighted by Gasteiger charge is -2.34. The van der Waals surface area contributed by atoms with E-state index in [0.717, 1.165) is 0 Å². The quantitative estimate of drug-likeness (QED) is 0.725. The van der Waals surface area contributed by atoms with Crippen LogP contribution in [0.3, 0.4) is 0 Å². The lowest BCUT2D eigenvalue weighted by Crippen LogP contribution is -2.50. The minimum absolute atomic E-state index is 0.222. The molecule has 150 valence electrons. The standard InChI is InChI=1S/C20H25N3O5/c1-5-28-19(27)22-10-8-21(9-11-22)16(24)13-6-7-14-15(12-13)18(26)23(17(14)25)20(2,3)4/h6-7,12H,5,8-11H2,1-4H3. The molecule has 2 heterocycles. The Morgan fingerprint density at radius 2 is 1.54 bits per heavy atom. The predicted molar refractivity (Wildman–Crippen MR) is 101 cm³/mol. The Hall–Kier alpha value is -2.90. The zero-order valence-corrected chi connectivity index (χ0v) is 16.7. The average molecular weight is 387 g/mol. The molecule has 1 aromatic rings. The molecule has 0 aromatic heterocycles. The fourth-order valence-electron chi connectivity index (χ4n) is 3.47. The highest BCUT2D eigenvalue weighted by Crippen LogP contribution is 2.30. The number of hydrogen-bond donors (Lipinski definition) is 0. The molecule has 1 saturated heterocycles. The molecule has 1 fully saturated rings. The van der Waals surface area contributed by atoms with Crippen LogP contribution in [0.5, 0.6) is 0 Å². The number of hydrogen-bond acceptors (Lipinski definition) is 5. The van der Waals surface area contributed by atoms with Crippen LogP contribution in [-0.4, -0.2) is 76.8 Å². The van der Waals surface area contributed by atoms with E-state index in [9.17, 15) is 19.2 Å². The summed E-state index contributed by atoms with van der Waals surface area (Å²) in [5.41, 5.74) is 0.306. The third-order valence-corrected chi connectivity index (χ3v) is 4.90. The minimum atomic E-state index is -0.638. The minimum Gasteiger partial charge on any atom is -0.450 e. The van der Waals surface area contributed by atoms with Gasteiger partial charge in [-0.05, 0) is 45.9 Å². The summed E-state index contributed by atoms with van der Waals surface area (Å²) in [6, 6.07) is 4.63. The first-order valence-electron chi connectivity index (χ1n) is 9.39. The second-order valence-electron chi connectivity index (χ2n) is 7.86. The molecule has 4 amide bonds. The Morgan fingerprint density at radius 1 is 0.964 bits per heavy atom. The van der Waals surface area contributed by atoms with Gasteiger partial charge in [-0.1, -0.05) is 0 Å². The molecule has 0 N–H and O–H groups in total. The van der Waals surface area contributed by atoms with E-state index < -0.39 is 5.54 Å². The number of benzene rings is 1. The summed E-state index contributed by atoms with van der Waals surface area (Å²) in [5, 5.41) is 0. The van der Waals surface area contributed by atoms with Crippen molar-refractivity contribution in [3.05, 3.63) is 34.9 Å². The first kappa shape index (κ1) is 19.9. The first-order chi connectivity index (χ1) is 13.1. The Balaban J connectivity index is 1.74. The highest BCUT2D eigenvalue weighted by atomic mass is 16.6. The van der Waals surface area contributed by atoms with E-state index in [1.807, 2.05) is 0 Å². The summed E-state index contributed by atoms with van der Waals surface area (Å²) in [6.07, 6.45) is -0.376. The molecule has 1 aromatic carbocycles. The molecule has 0 radical (unpaired) electrons. The Bertz CT molecular complexity index is 835. The van der Waals surface area contributed by atoms with Gasteiger partial charge in [0.15, 0.2) is 0 Å². The van der Waals surface area contributed by atoms with Crippen molar-refractivity contribution in [2.45, 2.75) is 33.2 Å². The highest BCUT2D eigenvalue weighted by molar-refractivity contribution is 6.22. The van der Waals surface area contributed by atoms with Crippen molar-refractivity contribution in [1.29, 1.82) is 0 Å².